The van der Waals surface area contributed by atoms with Crippen LogP contribution in [0.3, 0.4) is 0 Å². The highest BCUT2D eigenvalue weighted by Crippen LogP contribution is 2.25. The summed E-state index contributed by atoms with van der Waals surface area (Å²) in [4.78, 5) is 26.0. The number of hydrogen-bond donors (Lipinski definition) is 1. The second kappa shape index (κ2) is 7.68. The van der Waals surface area contributed by atoms with Gasteiger partial charge in [-0.25, -0.2) is 4.90 Å². The maximum absolute atomic E-state index is 12.6. The summed E-state index contributed by atoms with van der Waals surface area (Å²) in [6, 6.07) is 14.0. The fourth-order valence-electron chi connectivity index (χ4n) is 2.88. The second-order valence-corrected chi connectivity index (χ2v) is 6.22. The molecule has 2 amide bonds. The molecular formula is C19H19ClN2O3. The first-order valence-electron chi connectivity index (χ1n) is 8.08. The minimum Gasteiger partial charge on any atom is -0.497 e. The Morgan fingerprint density at radius 2 is 1.88 bits per heavy atom. The van der Waals surface area contributed by atoms with Gasteiger partial charge in [-0.3, -0.25) is 9.59 Å². The van der Waals surface area contributed by atoms with Crippen LogP contribution in [0.5, 0.6) is 5.75 Å². The molecule has 25 heavy (non-hydrogen) atoms. The number of nitrogens with one attached hydrogen (secondary N) is 1. The zero-order chi connectivity index (χ0) is 17.8. The van der Waals surface area contributed by atoms with E-state index in [1.807, 2.05) is 24.3 Å². The fraction of sp³-hybridized carbons (Fsp3) is 0.263. The predicted molar refractivity (Wildman–Crippen MR) is 97.1 cm³/mol. The van der Waals surface area contributed by atoms with Gasteiger partial charge in [-0.1, -0.05) is 29.8 Å². The second-order valence-electron chi connectivity index (χ2n) is 5.82. The Morgan fingerprint density at radius 3 is 2.56 bits per heavy atom. The molecule has 1 heterocycles. The van der Waals surface area contributed by atoms with Crippen LogP contribution in [-0.2, 0) is 16.0 Å². The lowest BCUT2D eigenvalue weighted by Crippen LogP contribution is -2.39. The van der Waals surface area contributed by atoms with Crippen LogP contribution in [0.15, 0.2) is 48.5 Å². The lowest BCUT2D eigenvalue weighted by molar-refractivity contribution is -0.121. The maximum Gasteiger partial charge on any atom is 0.251 e. The van der Waals surface area contributed by atoms with Crippen molar-refractivity contribution in [2.24, 2.45) is 0 Å². The molecule has 1 aliphatic heterocycles. The van der Waals surface area contributed by atoms with E-state index in [0.29, 0.717) is 29.4 Å². The smallest absolute Gasteiger partial charge is 0.251 e. The van der Waals surface area contributed by atoms with Crippen molar-refractivity contribution in [1.29, 1.82) is 0 Å². The molecule has 0 bridgehead atoms. The number of rotatable bonds is 6. The van der Waals surface area contributed by atoms with E-state index < -0.39 is 6.04 Å². The Balaban J connectivity index is 1.61. The van der Waals surface area contributed by atoms with E-state index in [9.17, 15) is 9.59 Å². The van der Waals surface area contributed by atoms with Gasteiger partial charge in [-0.05, 0) is 48.9 Å². The Hall–Kier alpha value is -2.37. The Bertz CT molecular complexity index is 776. The van der Waals surface area contributed by atoms with Gasteiger partial charge in [-0.15, -0.1) is 0 Å². The summed E-state index contributed by atoms with van der Waals surface area (Å²) in [6.07, 6.45) is 0.855. The zero-order valence-electron chi connectivity index (χ0n) is 13.9. The summed E-state index contributed by atoms with van der Waals surface area (Å²) in [7, 11) is 1.57. The van der Waals surface area contributed by atoms with Crippen molar-refractivity contribution in [3.63, 3.8) is 0 Å². The van der Waals surface area contributed by atoms with Crippen molar-refractivity contribution in [3.8, 4) is 5.75 Å². The minimum atomic E-state index is -0.503. The number of benzene rings is 2. The number of nitrogens with zero attached hydrogens (tertiary/aromatic N) is 1. The standard InChI is InChI=1S/C19H19ClN2O3/c1-25-15-8-6-14(7-9-15)22-18(23)12-17(19(22)24)21-11-10-13-4-2-3-5-16(13)20/h2-9,17,21H,10-12H2,1H3. The Kier molecular flexibility index (Phi) is 5.36. The van der Waals surface area contributed by atoms with Crippen LogP contribution in [0.1, 0.15) is 12.0 Å². The summed E-state index contributed by atoms with van der Waals surface area (Å²) in [5, 5.41) is 3.87. The summed E-state index contributed by atoms with van der Waals surface area (Å²) in [6.45, 7) is 0.573. The molecule has 1 atom stereocenters. The van der Waals surface area contributed by atoms with Gasteiger partial charge in [0.15, 0.2) is 0 Å². The van der Waals surface area contributed by atoms with Crippen LogP contribution in [0.25, 0.3) is 0 Å². The molecule has 0 radical (unpaired) electrons. The van der Waals surface area contributed by atoms with Gasteiger partial charge in [0, 0.05) is 5.02 Å². The number of carbonyl (C=O) groups excluding carboxylic acids is 2. The van der Waals surface area contributed by atoms with E-state index in [-0.39, 0.29) is 18.2 Å². The third kappa shape index (κ3) is 3.83. The van der Waals surface area contributed by atoms with E-state index in [1.165, 1.54) is 4.90 Å². The van der Waals surface area contributed by atoms with Crippen LogP contribution in [0.2, 0.25) is 5.02 Å². The number of imide groups is 1. The lowest BCUT2D eigenvalue weighted by atomic mass is 10.1. The zero-order valence-corrected chi connectivity index (χ0v) is 14.6. The molecule has 0 aromatic heterocycles. The highest BCUT2D eigenvalue weighted by Gasteiger charge is 2.39. The van der Waals surface area contributed by atoms with Gasteiger partial charge < -0.3 is 10.1 Å². The van der Waals surface area contributed by atoms with Gasteiger partial charge >= 0.3 is 0 Å². The van der Waals surface area contributed by atoms with Crippen molar-refractivity contribution in [1.82, 2.24) is 5.32 Å². The number of anilines is 1. The van der Waals surface area contributed by atoms with Crippen molar-refractivity contribution >= 4 is 29.1 Å². The third-order valence-electron chi connectivity index (χ3n) is 4.22. The van der Waals surface area contributed by atoms with Crippen molar-refractivity contribution < 1.29 is 14.3 Å². The molecule has 1 saturated heterocycles. The van der Waals surface area contributed by atoms with E-state index in [2.05, 4.69) is 5.32 Å². The Morgan fingerprint density at radius 1 is 1.16 bits per heavy atom. The van der Waals surface area contributed by atoms with Gasteiger partial charge in [0.1, 0.15) is 5.75 Å². The van der Waals surface area contributed by atoms with E-state index in [1.54, 1.807) is 31.4 Å². The third-order valence-corrected chi connectivity index (χ3v) is 4.59. The molecular weight excluding hydrogens is 340 g/mol. The highest BCUT2D eigenvalue weighted by molar-refractivity contribution is 6.31. The first-order valence-corrected chi connectivity index (χ1v) is 8.45. The first kappa shape index (κ1) is 17.5. The number of hydrogen-bond acceptors (Lipinski definition) is 4. The molecule has 0 saturated carbocycles. The molecule has 2 aromatic carbocycles. The topological polar surface area (TPSA) is 58.6 Å². The molecule has 0 spiro atoms. The van der Waals surface area contributed by atoms with Crippen molar-refractivity contribution in [2.75, 3.05) is 18.6 Å². The monoisotopic (exact) mass is 358 g/mol. The molecule has 1 N–H and O–H groups in total. The van der Waals surface area contributed by atoms with Gasteiger partial charge in [-0.2, -0.15) is 0 Å². The van der Waals surface area contributed by atoms with Crippen LogP contribution >= 0.6 is 11.6 Å². The quantitative estimate of drug-likeness (QED) is 0.807. The van der Waals surface area contributed by atoms with Crippen LogP contribution in [-0.4, -0.2) is 31.5 Å². The van der Waals surface area contributed by atoms with Crippen LogP contribution < -0.4 is 15.0 Å². The summed E-state index contributed by atoms with van der Waals surface area (Å²) >= 11 is 6.13. The van der Waals surface area contributed by atoms with Crippen LogP contribution in [0, 0.1) is 0 Å². The molecule has 1 unspecified atom stereocenters. The summed E-state index contributed by atoms with van der Waals surface area (Å²) in [5.41, 5.74) is 1.58. The van der Waals surface area contributed by atoms with Crippen molar-refractivity contribution in [2.45, 2.75) is 18.9 Å². The largest absolute Gasteiger partial charge is 0.497 e. The molecule has 2 aromatic rings. The highest BCUT2D eigenvalue weighted by atomic mass is 35.5. The number of halogens is 1. The Labute approximate surface area is 151 Å². The lowest BCUT2D eigenvalue weighted by Gasteiger charge is -2.16. The molecule has 6 heteroatoms. The molecule has 5 nitrogen and oxygen atoms in total. The van der Waals surface area contributed by atoms with Gasteiger partial charge in [0.25, 0.3) is 5.91 Å². The van der Waals surface area contributed by atoms with E-state index in [4.69, 9.17) is 16.3 Å². The molecule has 1 aliphatic rings. The summed E-state index contributed by atoms with van der Waals surface area (Å²) < 4.78 is 5.10. The average molecular weight is 359 g/mol. The summed E-state index contributed by atoms with van der Waals surface area (Å²) in [5.74, 6) is 0.247. The minimum absolute atomic E-state index is 0.160. The van der Waals surface area contributed by atoms with E-state index >= 15 is 0 Å². The maximum atomic E-state index is 12.6. The van der Waals surface area contributed by atoms with Gasteiger partial charge in [0.2, 0.25) is 5.91 Å². The number of ether oxygens (including phenoxy) is 1. The first-order chi connectivity index (χ1) is 12.1. The van der Waals surface area contributed by atoms with E-state index in [0.717, 1.165) is 5.56 Å². The normalized spacial score (nSPS) is 17.2. The number of methoxy groups -OCH3 is 1. The molecule has 0 aliphatic carbocycles. The van der Waals surface area contributed by atoms with Crippen molar-refractivity contribution in [3.05, 3.63) is 59.1 Å². The molecule has 3 rings (SSSR count). The SMILES string of the molecule is COc1ccc(N2C(=O)CC(NCCc3ccccc3Cl)C2=O)cc1. The van der Waals surface area contributed by atoms with Crippen LogP contribution in [0.4, 0.5) is 5.69 Å². The predicted octanol–water partition coefficient (Wildman–Crippen LogP) is 2.81. The molecule has 130 valence electrons. The molecule has 1 fully saturated rings. The fourth-order valence-corrected chi connectivity index (χ4v) is 3.11. The van der Waals surface area contributed by atoms with Gasteiger partial charge in [0.05, 0.1) is 25.3 Å². The average Bonchev–Trinajstić information content (AvgIpc) is 2.90. The number of amides is 2. The number of carbonyl (C=O) groups is 2.